The Morgan fingerprint density at radius 2 is 2.22 bits per heavy atom. The number of aliphatic imine (C=N–C) groups is 1. The summed E-state index contributed by atoms with van der Waals surface area (Å²) in [5.41, 5.74) is 5.20. The van der Waals surface area contributed by atoms with E-state index in [4.69, 9.17) is 0 Å². The maximum Gasteiger partial charge on any atom is 0.114 e. The molecule has 2 bridgehead atoms. The Labute approximate surface area is 108 Å². The smallest absolute Gasteiger partial charge is 0.114 e. The number of hydrogen-bond acceptors (Lipinski definition) is 2. The van der Waals surface area contributed by atoms with E-state index >= 15 is 0 Å². The SMILES string of the molecule is C=CC(=NC)c1n[nH]c2c1C1CCC2(C)C1(C)C. The van der Waals surface area contributed by atoms with Crippen molar-refractivity contribution < 1.29 is 0 Å². The summed E-state index contributed by atoms with van der Waals surface area (Å²) in [5, 5.41) is 7.79. The van der Waals surface area contributed by atoms with Gasteiger partial charge in [-0.2, -0.15) is 5.10 Å². The number of rotatable bonds is 2. The highest BCUT2D eigenvalue weighted by Crippen LogP contribution is 2.67. The Kier molecular flexibility index (Phi) is 2.17. The van der Waals surface area contributed by atoms with Crippen molar-refractivity contribution >= 4 is 5.71 Å². The number of hydrogen-bond donors (Lipinski definition) is 1. The molecule has 96 valence electrons. The van der Waals surface area contributed by atoms with Crippen LogP contribution in [0.15, 0.2) is 17.6 Å². The molecule has 18 heavy (non-hydrogen) atoms. The molecule has 2 atom stereocenters. The second-order valence-electron chi connectivity index (χ2n) is 6.32. The van der Waals surface area contributed by atoms with Crippen LogP contribution in [-0.2, 0) is 5.41 Å². The van der Waals surface area contributed by atoms with E-state index in [2.05, 4.69) is 42.5 Å². The Hall–Kier alpha value is -1.38. The van der Waals surface area contributed by atoms with E-state index in [0.29, 0.717) is 11.3 Å². The van der Waals surface area contributed by atoms with Gasteiger partial charge in [0.1, 0.15) is 5.69 Å². The molecule has 1 saturated carbocycles. The maximum atomic E-state index is 4.50. The van der Waals surface area contributed by atoms with Crippen molar-refractivity contribution in [3.8, 4) is 0 Å². The molecule has 1 aromatic heterocycles. The molecule has 0 spiro atoms. The van der Waals surface area contributed by atoms with Crippen LogP contribution in [0.25, 0.3) is 0 Å². The molecule has 3 rings (SSSR count). The highest BCUT2D eigenvalue weighted by Gasteiger charge is 2.61. The van der Waals surface area contributed by atoms with Crippen molar-refractivity contribution in [3.05, 3.63) is 29.6 Å². The van der Waals surface area contributed by atoms with E-state index in [-0.39, 0.29) is 5.41 Å². The van der Waals surface area contributed by atoms with Crippen LogP contribution in [0.4, 0.5) is 0 Å². The monoisotopic (exact) mass is 243 g/mol. The summed E-state index contributed by atoms with van der Waals surface area (Å²) in [5.74, 6) is 0.600. The minimum atomic E-state index is 0.234. The van der Waals surface area contributed by atoms with Gasteiger partial charge in [0.2, 0.25) is 0 Å². The average molecular weight is 243 g/mol. The molecule has 1 aromatic rings. The minimum Gasteiger partial charge on any atom is -0.286 e. The van der Waals surface area contributed by atoms with Crippen molar-refractivity contribution in [2.45, 2.75) is 44.9 Å². The number of nitrogens with one attached hydrogen (secondary N) is 1. The zero-order valence-electron chi connectivity index (χ0n) is 11.7. The fourth-order valence-electron chi connectivity index (χ4n) is 4.05. The van der Waals surface area contributed by atoms with Gasteiger partial charge in [-0.05, 0) is 30.3 Å². The van der Waals surface area contributed by atoms with Crippen molar-refractivity contribution in [1.29, 1.82) is 0 Å². The van der Waals surface area contributed by atoms with Gasteiger partial charge in [-0.3, -0.25) is 10.1 Å². The van der Waals surface area contributed by atoms with Crippen LogP contribution in [0.2, 0.25) is 0 Å². The van der Waals surface area contributed by atoms with Gasteiger partial charge in [0.25, 0.3) is 0 Å². The predicted molar refractivity (Wildman–Crippen MR) is 74.4 cm³/mol. The van der Waals surface area contributed by atoms with E-state index in [1.165, 1.54) is 24.1 Å². The summed E-state index contributed by atoms with van der Waals surface area (Å²) in [7, 11) is 1.80. The predicted octanol–water partition coefficient (Wildman–Crippen LogP) is 3.19. The Morgan fingerprint density at radius 1 is 1.50 bits per heavy atom. The lowest BCUT2D eigenvalue weighted by Crippen LogP contribution is -2.32. The molecular formula is C15H21N3. The summed E-state index contributed by atoms with van der Waals surface area (Å²) in [6, 6.07) is 0. The van der Waals surface area contributed by atoms with E-state index < -0.39 is 0 Å². The summed E-state index contributed by atoms with van der Waals surface area (Å²) in [6.45, 7) is 11.0. The second kappa shape index (κ2) is 3.34. The number of H-pyrrole nitrogens is 1. The van der Waals surface area contributed by atoms with E-state index in [9.17, 15) is 0 Å². The van der Waals surface area contributed by atoms with Gasteiger partial charge >= 0.3 is 0 Å². The van der Waals surface area contributed by atoms with Gasteiger partial charge in [0, 0.05) is 23.7 Å². The summed E-state index contributed by atoms with van der Waals surface area (Å²) >= 11 is 0. The first-order valence-electron chi connectivity index (χ1n) is 6.65. The third-order valence-corrected chi connectivity index (χ3v) is 5.61. The lowest BCUT2D eigenvalue weighted by molar-refractivity contribution is 0.225. The molecule has 2 aliphatic carbocycles. The lowest BCUT2D eigenvalue weighted by Gasteiger charge is -2.34. The van der Waals surface area contributed by atoms with Crippen LogP contribution < -0.4 is 0 Å². The van der Waals surface area contributed by atoms with Crippen molar-refractivity contribution in [1.82, 2.24) is 10.2 Å². The molecule has 0 radical (unpaired) electrons. The van der Waals surface area contributed by atoms with Crippen LogP contribution >= 0.6 is 0 Å². The molecule has 0 aromatic carbocycles. The van der Waals surface area contributed by atoms with Gasteiger partial charge in [-0.1, -0.05) is 27.4 Å². The van der Waals surface area contributed by atoms with Crippen LogP contribution in [0, 0.1) is 5.41 Å². The molecule has 0 aliphatic heterocycles. The van der Waals surface area contributed by atoms with Crippen LogP contribution in [0.5, 0.6) is 0 Å². The van der Waals surface area contributed by atoms with E-state index in [0.717, 1.165) is 11.4 Å². The highest BCUT2D eigenvalue weighted by molar-refractivity contribution is 6.08. The van der Waals surface area contributed by atoms with E-state index in [1.54, 1.807) is 13.1 Å². The van der Waals surface area contributed by atoms with Crippen LogP contribution in [-0.4, -0.2) is 23.0 Å². The second-order valence-corrected chi connectivity index (χ2v) is 6.32. The quantitative estimate of drug-likeness (QED) is 0.796. The number of fused-ring (bicyclic) bond motifs is 5. The molecular weight excluding hydrogens is 222 g/mol. The molecule has 0 amide bonds. The third-order valence-electron chi connectivity index (χ3n) is 5.61. The third kappa shape index (κ3) is 1.06. The summed E-state index contributed by atoms with van der Waals surface area (Å²) < 4.78 is 0. The van der Waals surface area contributed by atoms with Gasteiger partial charge in [-0.25, -0.2) is 0 Å². The first-order chi connectivity index (χ1) is 8.47. The highest BCUT2D eigenvalue weighted by atomic mass is 15.1. The summed E-state index contributed by atoms with van der Waals surface area (Å²) in [6.07, 6.45) is 4.32. The minimum absolute atomic E-state index is 0.234. The number of nitrogens with zero attached hydrogens (tertiary/aromatic N) is 2. The molecule has 3 nitrogen and oxygen atoms in total. The van der Waals surface area contributed by atoms with Gasteiger partial charge in [0.15, 0.2) is 0 Å². The Bertz CT molecular complexity index is 550. The zero-order valence-corrected chi connectivity index (χ0v) is 11.7. The fraction of sp³-hybridized carbons (Fsp3) is 0.600. The van der Waals surface area contributed by atoms with Crippen molar-refractivity contribution in [3.63, 3.8) is 0 Å². The molecule has 3 heteroatoms. The van der Waals surface area contributed by atoms with Crippen molar-refractivity contribution in [2.75, 3.05) is 7.05 Å². The largest absolute Gasteiger partial charge is 0.286 e. The number of allylic oxidation sites excluding steroid dienone is 1. The molecule has 1 fully saturated rings. The first-order valence-corrected chi connectivity index (χ1v) is 6.65. The Morgan fingerprint density at radius 3 is 2.83 bits per heavy atom. The Balaban J connectivity index is 2.23. The zero-order chi connectivity index (χ0) is 13.1. The standard InChI is InChI=1S/C15H21N3/c1-6-10(16-5)12-11-9-7-8-15(4,14(9,2)3)13(11)18-17-12/h6,9H,1,7-8H2,2-5H3,(H,17,18). The molecule has 0 saturated heterocycles. The number of aromatic amines is 1. The fourth-order valence-corrected chi connectivity index (χ4v) is 4.05. The van der Waals surface area contributed by atoms with E-state index in [1.807, 2.05) is 0 Å². The molecule has 2 unspecified atom stereocenters. The average Bonchev–Trinajstić information content (AvgIpc) is 2.89. The summed E-state index contributed by atoms with van der Waals surface area (Å²) in [4.78, 5) is 4.30. The number of aromatic nitrogens is 2. The first kappa shape index (κ1) is 11.7. The van der Waals surface area contributed by atoms with Gasteiger partial charge < -0.3 is 0 Å². The molecule has 1 heterocycles. The van der Waals surface area contributed by atoms with Crippen LogP contribution in [0.1, 0.15) is 56.5 Å². The lowest BCUT2D eigenvalue weighted by atomic mass is 9.70. The topological polar surface area (TPSA) is 41.0 Å². The van der Waals surface area contributed by atoms with Crippen LogP contribution in [0.3, 0.4) is 0 Å². The molecule has 2 aliphatic rings. The van der Waals surface area contributed by atoms with Gasteiger partial charge in [0.05, 0.1) is 5.71 Å². The normalized spacial score (nSPS) is 32.7. The molecule has 1 N–H and O–H groups in total. The maximum absolute atomic E-state index is 4.50. The van der Waals surface area contributed by atoms with Gasteiger partial charge in [-0.15, -0.1) is 0 Å². The van der Waals surface area contributed by atoms with Crippen molar-refractivity contribution in [2.24, 2.45) is 10.4 Å².